The largest absolute Gasteiger partial charge is 0.356 e. The van der Waals surface area contributed by atoms with E-state index in [0.717, 1.165) is 13.0 Å². The summed E-state index contributed by atoms with van der Waals surface area (Å²) in [6, 6.07) is 0. The fraction of sp³-hybridized carbons (Fsp3) is 0.909. The minimum Gasteiger partial charge on any atom is -0.356 e. The van der Waals surface area contributed by atoms with Crippen molar-refractivity contribution in [2.45, 2.75) is 26.2 Å². The minimum atomic E-state index is -3.10. The van der Waals surface area contributed by atoms with Gasteiger partial charge in [0.1, 0.15) is 0 Å². The molecule has 0 aromatic rings. The smallest absolute Gasteiger partial charge is 0.220 e. The Balaban J connectivity index is 0. The number of hydrogen-bond acceptors (Lipinski definition) is 4. The van der Waals surface area contributed by atoms with Gasteiger partial charge in [0.25, 0.3) is 0 Å². The highest BCUT2D eigenvalue weighted by atomic mass is 35.5. The molecule has 0 saturated heterocycles. The van der Waals surface area contributed by atoms with Gasteiger partial charge in [-0.3, -0.25) is 4.79 Å². The highest BCUT2D eigenvalue weighted by molar-refractivity contribution is 7.89. The number of carbonyl (C=O) groups is 1. The van der Waals surface area contributed by atoms with E-state index in [0.29, 0.717) is 25.9 Å². The second kappa shape index (κ2) is 11.5. The molecular weight excluding hydrogens is 290 g/mol. The van der Waals surface area contributed by atoms with Gasteiger partial charge in [0.2, 0.25) is 15.9 Å². The fourth-order valence-corrected chi connectivity index (χ4v) is 2.25. The van der Waals surface area contributed by atoms with Crippen LogP contribution >= 0.6 is 12.4 Å². The van der Waals surface area contributed by atoms with Crippen LogP contribution in [0.4, 0.5) is 0 Å². The van der Waals surface area contributed by atoms with Crippen LogP contribution in [-0.4, -0.2) is 58.1 Å². The molecular formula is C11H26ClN3O3S. The molecule has 0 saturated carbocycles. The fourth-order valence-electron chi connectivity index (χ4n) is 1.40. The van der Waals surface area contributed by atoms with Gasteiger partial charge >= 0.3 is 0 Å². The lowest BCUT2D eigenvalue weighted by Gasteiger charge is -2.15. The third-order valence-electron chi connectivity index (χ3n) is 2.64. The van der Waals surface area contributed by atoms with Crippen LogP contribution in [0.1, 0.15) is 26.2 Å². The van der Waals surface area contributed by atoms with Crippen molar-refractivity contribution in [1.29, 1.82) is 0 Å². The molecule has 0 spiro atoms. The molecule has 6 nitrogen and oxygen atoms in total. The summed E-state index contributed by atoms with van der Waals surface area (Å²) in [4.78, 5) is 11.3. The van der Waals surface area contributed by atoms with E-state index in [4.69, 9.17) is 0 Å². The summed E-state index contributed by atoms with van der Waals surface area (Å²) in [5, 5.41) is 5.75. The van der Waals surface area contributed by atoms with Crippen LogP contribution in [-0.2, 0) is 14.8 Å². The predicted octanol–water partition coefficient (Wildman–Crippen LogP) is 0.196. The van der Waals surface area contributed by atoms with Crippen molar-refractivity contribution in [2.24, 2.45) is 0 Å². The van der Waals surface area contributed by atoms with Crippen molar-refractivity contribution < 1.29 is 13.2 Å². The summed E-state index contributed by atoms with van der Waals surface area (Å²) >= 11 is 0. The van der Waals surface area contributed by atoms with Gasteiger partial charge < -0.3 is 10.6 Å². The van der Waals surface area contributed by atoms with E-state index in [1.807, 2.05) is 7.05 Å². The molecule has 1 amide bonds. The Morgan fingerprint density at radius 2 is 1.84 bits per heavy atom. The molecule has 0 aliphatic rings. The second-order valence-corrected chi connectivity index (χ2v) is 6.50. The quantitative estimate of drug-likeness (QED) is 0.564. The number of sulfonamides is 1. The molecule has 0 atom stereocenters. The molecule has 0 radical (unpaired) electrons. The summed E-state index contributed by atoms with van der Waals surface area (Å²) in [7, 11) is 0.308. The van der Waals surface area contributed by atoms with Gasteiger partial charge in [-0.1, -0.05) is 0 Å². The minimum absolute atomic E-state index is 0. The van der Waals surface area contributed by atoms with Gasteiger partial charge in [0.05, 0.1) is 5.75 Å². The average Bonchev–Trinajstić information content (AvgIpc) is 2.34. The van der Waals surface area contributed by atoms with Gasteiger partial charge in [0.15, 0.2) is 0 Å². The van der Waals surface area contributed by atoms with Gasteiger partial charge in [-0.15, -0.1) is 12.4 Å². The standard InChI is InChI=1S/C11H25N3O3S.ClH/c1-4-18(16,17)14(3)10-6-9-13-11(15)7-5-8-12-2;/h12H,4-10H2,1-3H3,(H,13,15);1H. The van der Waals surface area contributed by atoms with Gasteiger partial charge in [-0.2, -0.15) is 0 Å². The van der Waals surface area contributed by atoms with Crippen molar-refractivity contribution in [3.8, 4) is 0 Å². The Labute approximate surface area is 122 Å². The number of amides is 1. The zero-order valence-corrected chi connectivity index (χ0v) is 13.6. The topological polar surface area (TPSA) is 78.5 Å². The van der Waals surface area contributed by atoms with Crippen LogP contribution in [0, 0.1) is 0 Å². The number of rotatable bonds is 10. The number of halogens is 1. The summed E-state index contributed by atoms with van der Waals surface area (Å²) in [6.07, 6.45) is 1.95. The van der Waals surface area contributed by atoms with Crippen molar-refractivity contribution in [1.82, 2.24) is 14.9 Å². The van der Waals surface area contributed by atoms with Crippen LogP contribution < -0.4 is 10.6 Å². The number of nitrogens with zero attached hydrogens (tertiary/aromatic N) is 1. The summed E-state index contributed by atoms with van der Waals surface area (Å²) in [5.74, 6) is 0.131. The van der Waals surface area contributed by atoms with Crippen LogP contribution in [0.3, 0.4) is 0 Å². The third-order valence-corrected chi connectivity index (χ3v) is 4.50. The zero-order chi connectivity index (χ0) is 14.0. The molecule has 19 heavy (non-hydrogen) atoms. The lowest BCUT2D eigenvalue weighted by Crippen LogP contribution is -2.32. The van der Waals surface area contributed by atoms with Crippen molar-refractivity contribution in [3.05, 3.63) is 0 Å². The summed E-state index contributed by atoms with van der Waals surface area (Å²) in [5.41, 5.74) is 0. The van der Waals surface area contributed by atoms with E-state index in [2.05, 4.69) is 10.6 Å². The highest BCUT2D eigenvalue weighted by Crippen LogP contribution is 1.98. The molecule has 0 aliphatic carbocycles. The predicted molar refractivity (Wildman–Crippen MR) is 80.1 cm³/mol. The Kier molecular flexibility index (Phi) is 12.6. The maximum absolute atomic E-state index is 11.4. The normalized spacial score (nSPS) is 11.2. The molecule has 0 heterocycles. The Bertz CT molecular complexity index is 336. The Hall–Kier alpha value is -0.370. The molecule has 116 valence electrons. The first-order chi connectivity index (χ1) is 8.44. The molecule has 0 unspecified atom stereocenters. The first kappa shape index (κ1) is 20.9. The molecule has 0 aromatic heterocycles. The monoisotopic (exact) mass is 315 g/mol. The Morgan fingerprint density at radius 1 is 1.21 bits per heavy atom. The van der Waals surface area contributed by atoms with E-state index in [1.54, 1.807) is 14.0 Å². The van der Waals surface area contributed by atoms with Crippen LogP contribution in [0.15, 0.2) is 0 Å². The number of nitrogens with one attached hydrogen (secondary N) is 2. The molecule has 0 aliphatic heterocycles. The Morgan fingerprint density at radius 3 is 2.37 bits per heavy atom. The lowest BCUT2D eigenvalue weighted by molar-refractivity contribution is -0.121. The van der Waals surface area contributed by atoms with E-state index in [9.17, 15) is 13.2 Å². The average molecular weight is 316 g/mol. The van der Waals surface area contributed by atoms with Gasteiger partial charge in [0, 0.05) is 26.6 Å². The van der Waals surface area contributed by atoms with Crippen molar-refractivity contribution in [2.75, 3.05) is 39.5 Å². The van der Waals surface area contributed by atoms with E-state index < -0.39 is 10.0 Å². The first-order valence-corrected chi connectivity index (χ1v) is 7.90. The number of carbonyl (C=O) groups excluding carboxylic acids is 1. The third kappa shape index (κ3) is 10.1. The highest BCUT2D eigenvalue weighted by Gasteiger charge is 2.13. The molecule has 2 N–H and O–H groups in total. The molecule has 8 heteroatoms. The summed E-state index contributed by atoms with van der Waals surface area (Å²) < 4.78 is 24.2. The van der Waals surface area contributed by atoms with E-state index >= 15 is 0 Å². The maximum Gasteiger partial charge on any atom is 0.220 e. The molecule has 0 aromatic carbocycles. The zero-order valence-electron chi connectivity index (χ0n) is 11.9. The van der Waals surface area contributed by atoms with Crippen LogP contribution in [0.25, 0.3) is 0 Å². The second-order valence-electron chi connectivity index (χ2n) is 4.13. The number of hydrogen-bond donors (Lipinski definition) is 2. The van der Waals surface area contributed by atoms with Gasteiger partial charge in [-0.05, 0) is 33.4 Å². The van der Waals surface area contributed by atoms with Crippen molar-refractivity contribution in [3.63, 3.8) is 0 Å². The lowest BCUT2D eigenvalue weighted by atomic mass is 10.3. The van der Waals surface area contributed by atoms with Crippen LogP contribution in [0.5, 0.6) is 0 Å². The molecule has 0 fully saturated rings. The SMILES string of the molecule is CCS(=O)(=O)N(C)CCCNC(=O)CCCNC.Cl. The molecule has 0 bridgehead atoms. The van der Waals surface area contributed by atoms with E-state index in [1.165, 1.54) is 4.31 Å². The molecule has 0 rings (SSSR count). The first-order valence-electron chi connectivity index (χ1n) is 6.29. The van der Waals surface area contributed by atoms with Gasteiger partial charge in [-0.25, -0.2) is 12.7 Å². The van der Waals surface area contributed by atoms with Crippen LogP contribution in [0.2, 0.25) is 0 Å². The van der Waals surface area contributed by atoms with Crippen molar-refractivity contribution >= 4 is 28.3 Å². The van der Waals surface area contributed by atoms with E-state index in [-0.39, 0.29) is 24.1 Å². The maximum atomic E-state index is 11.4. The summed E-state index contributed by atoms with van der Waals surface area (Å²) in [6.45, 7) is 3.40.